The summed E-state index contributed by atoms with van der Waals surface area (Å²) in [7, 11) is 0. The molecule has 3 unspecified atom stereocenters. The molecule has 6 heterocycles. The molecule has 0 spiro atoms. The molecule has 0 aromatic carbocycles. The molecule has 3 aliphatic heterocycles. The van der Waals surface area contributed by atoms with Crippen molar-refractivity contribution in [2.75, 3.05) is 10.6 Å². The molecule has 0 radical (unpaired) electrons. The van der Waals surface area contributed by atoms with E-state index >= 15 is 0 Å². The molecular weight excluding hydrogens is 386 g/mol. The lowest BCUT2D eigenvalue weighted by Crippen LogP contribution is -2.38. The Morgan fingerprint density at radius 3 is 3.03 bits per heavy atom. The van der Waals surface area contributed by atoms with E-state index in [-0.39, 0.29) is 6.61 Å². The predicted octanol–water partition coefficient (Wildman–Crippen LogP) is 3.14. The molecule has 8 nitrogen and oxygen atoms in total. The van der Waals surface area contributed by atoms with E-state index in [0.717, 1.165) is 34.2 Å². The molecular formula is C20H25N7OS. The summed E-state index contributed by atoms with van der Waals surface area (Å²) in [5, 5.41) is 23.2. The van der Waals surface area contributed by atoms with E-state index in [1.54, 1.807) is 17.4 Å². The van der Waals surface area contributed by atoms with Gasteiger partial charge in [0.25, 0.3) is 0 Å². The number of hydrogen-bond donors (Lipinski definition) is 4. The number of aromatic nitrogens is 4. The Bertz CT molecular complexity index is 1060. The standard InChI is InChI=1S/C20H25N7OS/c1-10-5-14-18(29-10)19(23-17-7-12(9-28)25-26-17)24-20(22-14)21-11-3-2-4-15-16-8-13(6-11)27(15)16/h5,7,11,13,15-16,28H,2-4,6,8-9H2,1H3,(H3,21,22,23,24,25,26)/t11-,13-,15?,16?,27?/m1/s1. The lowest BCUT2D eigenvalue weighted by atomic mass is 9.96. The number of aromatic amines is 1. The summed E-state index contributed by atoms with van der Waals surface area (Å²) in [4.78, 5) is 13.5. The monoisotopic (exact) mass is 411 g/mol. The van der Waals surface area contributed by atoms with Crippen molar-refractivity contribution in [1.29, 1.82) is 0 Å². The van der Waals surface area contributed by atoms with Crippen molar-refractivity contribution in [3.8, 4) is 0 Å². The second-order valence-electron chi connectivity index (χ2n) is 8.51. The third-order valence-electron chi connectivity index (χ3n) is 6.54. The van der Waals surface area contributed by atoms with Crippen LogP contribution in [0.3, 0.4) is 0 Å². The summed E-state index contributed by atoms with van der Waals surface area (Å²) < 4.78 is 1.02. The van der Waals surface area contributed by atoms with Crippen LogP contribution in [0.1, 0.15) is 42.7 Å². The molecule has 3 aromatic rings. The minimum atomic E-state index is -0.0691. The van der Waals surface area contributed by atoms with Crippen LogP contribution in [0.2, 0.25) is 0 Å². The van der Waals surface area contributed by atoms with Crippen molar-refractivity contribution >= 4 is 39.1 Å². The molecule has 3 saturated heterocycles. The van der Waals surface area contributed by atoms with Crippen LogP contribution in [0.25, 0.3) is 10.2 Å². The quantitative estimate of drug-likeness (QED) is 0.479. The van der Waals surface area contributed by atoms with Gasteiger partial charge in [0.1, 0.15) is 0 Å². The normalized spacial score (nSPS) is 30.2. The van der Waals surface area contributed by atoms with Crippen LogP contribution in [0.5, 0.6) is 0 Å². The maximum atomic E-state index is 9.27. The first kappa shape index (κ1) is 17.6. The zero-order valence-electron chi connectivity index (χ0n) is 16.4. The number of nitrogens with zero attached hydrogens (tertiary/aromatic N) is 4. The fourth-order valence-electron chi connectivity index (χ4n) is 5.16. The fraction of sp³-hybridized carbons (Fsp3) is 0.550. The minimum Gasteiger partial charge on any atom is -0.390 e. The van der Waals surface area contributed by atoms with Crippen molar-refractivity contribution in [3.63, 3.8) is 0 Å². The number of aryl methyl sites for hydroxylation is 1. The SMILES string of the molecule is Cc1cc2nc(N[C@@H]3CCCC4C5C[C@@H](C3)N45)nc(Nc3cc(CO)[nH]n3)c2s1. The molecule has 6 rings (SSSR count). The van der Waals surface area contributed by atoms with E-state index in [0.29, 0.717) is 23.5 Å². The molecule has 3 aliphatic rings. The minimum absolute atomic E-state index is 0.0691. The zero-order chi connectivity index (χ0) is 19.5. The average molecular weight is 412 g/mol. The van der Waals surface area contributed by atoms with Crippen LogP contribution in [0, 0.1) is 6.92 Å². The Hall–Kier alpha value is -2.23. The second kappa shape index (κ2) is 6.65. The topological polar surface area (TPSA) is 102 Å². The number of fused-ring (bicyclic) bond motifs is 2. The number of rotatable bonds is 5. The van der Waals surface area contributed by atoms with Crippen LogP contribution in [-0.2, 0) is 6.61 Å². The van der Waals surface area contributed by atoms with Gasteiger partial charge in [0.05, 0.1) is 22.5 Å². The lowest BCUT2D eigenvalue weighted by Gasteiger charge is -2.32. The predicted molar refractivity (Wildman–Crippen MR) is 114 cm³/mol. The summed E-state index contributed by atoms with van der Waals surface area (Å²) in [6.07, 6.45) is 6.33. The van der Waals surface area contributed by atoms with Gasteiger partial charge in [0.15, 0.2) is 11.6 Å². The summed E-state index contributed by atoms with van der Waals surface area (Å²) in [5.41, 5.74) is 1.62. The summed E-state index contributed by atoms with van der Waals surface area (Å²) in [6.45, 7) is 2.02. The maximum absolute atomic E-state index is 9.27. The van der Waals surface area contributed by atoms with Crippen LogP contribution in [0.15, 0.2) is 12.1 Å². The van der Waals surface area contributed by atoms with Gasteiger partial charge in [-0.15, -0.1) is 11.3 Å². The van der Waals surface area contributed by atoms with Crippen LogP contribution < -0.4 is 10.6 Å². The van der Waals surface area contributed by atoms with Crippen LogP contribution in [0.4, 0.5) is 17.6 Å². The molecule has 0 amide bonds. The molecule has 0 aliphatic carbocycles. The summed E-state index contributed by atoms with van der Waals surface area (Å²) in [5.74, 6) is 2.08. The molecule has 3 aromatic heterocycles. The van der Waals surface area contributed by atoms with Gasteiger partial charge in [-0.05, 0) is 45.1 Å². The Labute approximate surface area is 172 Å². The van der Waals surface area contributed by atoms with E-state index in [1.807, 2.05) is 0 Å². The first-order chi connectivity index (χ1) is 14.2. The number of anilines is 3. The van der Waals surface area contributed by atoms with Gasteiger partial charge in [-0.25, -0.2) is 4.98 Å². The van der Waals surface area contributed by atoms with Gasteiger partial charge >= 0.3 is 0 Å². The zero-order valence-corrected chi connectivity index (χ0v) is 17.2. The average Bonchev–Trinajstić information content (AvgIpc) is 3.04. The highest BCUT2D eigenvalue weighted by Gasteiger charge is 2.60. The molecule has 5 atom stereocenters. The molecule has 4 N–H and O–H groups in total. The lowest BCUT2D eigenvalue weighted by molar-refractivity contribution is 0.209. The van der Waals surface area contributed by atoms with E-state index < -0.39 is 0 Å². The molecule has 3 fully saturated rings. The Balaban J connectivity index is 1.27. The highest BCUT2D eigenvalue weighted by Crippen LogP contribution is 2.51. The van der Waals surface area contributed by atoms with Gasteiger partial charge in [-0.2, -0.15) is 10.1 Å². The van der Waals surface area contributed by atoms with Gasteiger partial charge in [0.2, 0.25) is 5.95 Å². The van der Waals surface area contributed by atoms with Crippen molar-refractivity contribution < 1.29 is 5.11 Å². The smallest absolute Gasteiger partial charge is 0.225 e. The third-order valence-corrected chi connectivity index (χ3v) is 7.59. The second-order valence-corrected chi connectivity index (χ2v) is 9.76. The Kier molecular flexibility index (Phi) is 4.04. The number of aliphatic hydroxyl groups excluding tert-OH is 1. The highest BCUT2D eigenvalue weighted by atomic mass is 32.1. The first-order valence-corrected chi connectivity index (χ1v) is 11.2. The first-order valence-electron chi connectivity index (χ1n) is 10.4. The van der Waals surface area contributed by atoms with Crippen LogP contribution >= 0.6 is 11.3 Å². The Morgan fingerprint density at radius 2 is 2.17 bits per heavy atom. The number of aliphatic hydroxyl groups is 1. The number of H-pyrrole nitrogens is 1. The van der Waals surface area contributed by atoms with Gasteiger partial charge in [-0.3, -0.25) is 10.00 Å². The molecule has 0 bridgehead atoms. The Morgan fingerprint density at radius 1 is 1.24 bits per heavy atom. The summed E-state index contributed by atoms with van der Waals surface area (Å²) in [6, 6.07) is 6.84. The van der Waals surface area contributed by atoms with E-state index in [1.165, 1.54) is 37.0 Å². The van der Waals surface area contributed by atoms with Crippen LogP contribution in [-0.4, -0.2) is 54.3 Å². The summed E-state index contributed by atoms with van der Waals surface area (Å²) >= 11 is 1.67. The molecule has 29 heavy (non-hydrogen) atoms. The molecule has 9 heteroatoms. The van der Waals surface area contributed by atoms with Crippen molar-refractivity contribution in [3.05, 3.63) is 22.7 Å². The van der Waals surface area contributed by atoms with Gasteiger partial charge in [-0.1, -0.05) is 0 Å². The maximum Gasteiger partial charge on any atom is 0.225 e. The van der Waals surface area contributed by atoms with E-state index in [2.05, 4.69) is 38.7 Å². The highest BCUT2D eigenvalue weighted by molar-refractivity contribution is 7.19. The van der Waals surface area contributed by atoms with E-state index in [4.69, 9.17) is 9.97 Å². The number of nitrogens with one attached hydrogen (secondary N) is 3. The van der Waals surface area contributed by atoms with Gasteiger partial charge < -0.3 is 15.7 Å². The number of hydrogen-bond acceptors (Lipinski definition) is 8. The largest absolute Gasteiger partial charge is 0.390 e. The van der Waals surface area contributed by atoms with E-state index in [9.17, 15) is 5.11 Å². The molecule has 0 saturated carbocycles. The number of thiophene rings is 1. The van der Waals surface area contributed by atoms with Crippen molar-refractivity contribution in [1.82, 2.24) is 25.1 Å². The molecule has 152 valence electrons. The third kappa shape index (κ3) is 3.08. The fourth-order valence-corrected chi connectivity index (χ4v) is 6.05. The van der Waals surface area contributed by atoms with Crippen molar-refractivity contribution in [2.45, 2.75) is 69.8 Å². The van der Waals surface area contributed by atoms with Gasteiger partial charge in [0, 0.05) is 35.1 Å². The van der Waals surface area contributed by atoms with Crippen molar-refractivity contribution in [2.24, 2.45) is 0 Å².